The number of hydrogen-bond donors (Lipinski definition) is 0. The van der Waals surface area contributed by atoms with Crippen molar-refractivity contribution in [2.24, 2.45) is 0 Å². The van der Waals surface area contributed by atoms with E-state index in [4.69, 9.17) is 11.6 Å². The van der Waals surface area contributed by atoms with E-state index in [-0.39, 0.29) is 23.2 Å². The van der Waals surface area contributed by atoms with Crippen molar-refractivity contribution in [3.63, 3.8) is 0 Å². The minimum atomic E-state index is -0.258. The lowest BCUT2D eigenvalue weighted by molar-refractivity contribution is -0.123. The molecule has 4 rings (SSSR count). The SMILES string of the molecule is CCN1c2ccc(/C=C3\SC(=O)N(Cc4ccc(Cl)cc4)C3=O)cc2C(C)=CC1(C)C. The van der Waals surface area contributed by atoms with Crippen LogP contribution in [0.2, 0.25) is 5.02 Å². The molecule has 0 spiro atoms. The first-order valence-corrected chi connectivity index (χ1v) is 11.5. The summed E-state index contributed by atoms with van der Waals surface area (Å²) in [4.78, 5) is 29.5. The second-order valence-electron chi connectivity index (χ2n) is 8.40. The molecule has 0 unspecified atom stereocenters. The third kappa shape index (κ3) is 4.17. The lowest BCUT2D eigenvalue weighted by Gasteiger charge is -2.42. The largest absolute Gasteiger partial charge is 0.363 e. The number of carbonyl (C=O) groups is 2. The number of amides is 2. The van der Waals surface area contributed by atoms with E-state index in [2.05, 4.69) is 50.8 Å². The number of rotatable bonds is 4. The summed E-state index contributed by atoms with van der Waals surface area (Å²) in [5.41, 5.74) is 5.31. The molecule has 0 N–H and O–H groups in total. The minimum Gasteiger partial charge on any atom is -0.363 e. The van der Waals surface area contributed by atoms with Gasteiger partial charge in [-0.3, -0.25) is 14.5 Å². The van der Waals surface area contributed by atoms with Gasteiger partial charge in [0.2, 0.25) is 0 Å². The molecule has 31 heavy (non-hydrogen) atoms. The van der Waals surface area contributed by atoms with Crippen LogP contribution in [0.25, 0.3) is 11.6 Å². The number of hydrogen-bond acceptors (Lipinski definition) is 4. The molecular weight excluding hydrogens is 428 g/mol. The van der Waals surface area contributed by atoms with Gasteiger partial charge >= 0.3 is 0 Å². The Balaban J connectivity index is 1.61. The Hall–Kier alpha value is -2.50. The first kappa shape index (κ1) is 21.7. The number of halogens is 1. The van der Waals surface area contributed by atoms with E-state index >= 15 is 0 Å². The van der Waals surface area contributed by atoms with Crippen LogP contribution >= 0.6 is 23.4 Å². The molecule has 0 aromatic heterocycles. The zero-order valence-corrected chi connectivity index (χ0v) is 19.7. The van der Waals surface area contributed by atoms with E-state index in [0.29, 0.717) is 9.93 Å². The Morgan fingerprint density at radius 2 is 1.81 bits per heavy atom. The highest BCUT2D eigenvalue weighted by molar-refractivity contribution is 8.18. The molecule has 6 heteroatoms. The van der Waals surface area contributed by atoms with E-state index in [1.807, 2.05) is 24.3 Å². The molecule has 4 nitrogen and oxygen atoms in total. The number of thioether (sulfide) groups is 1. The molecule has 2 heterocycles. The normalized spacial score (nSPS) is 19.1. The summed E-state index contributed by atoms with van der Waals surface area (Å²) in [7, 11) is 0. The number of imide groups is 1. The minimum absolute atomic E-state index is 0.0440. The smallest absolute Gasteiger partial charge is 0.293 e. The number of nitrogens with zero attached hydrogens (tertiary/aromatic N) is 2. The number of likely N-dealkylation sites (N-methyl/N-ethyl adjacent to an activating group) is 1. The van der Waals surface area contributed by atoms with Crippen molar-refractivity contribution in [3.05, 3.63) is 75.2 Å². The van der Waals surface area contributed by atoms with Crippen molar-refractivity contribution in [2.45, 2.75) is 39.8 Å². The summed E-state index contributed by atoms with van der Waals surface area (Å²) in [6, 6.07) is 13.4. The van der Waals surface area contributed by atoms with E-state index in [1.54, 1.807) is 12.1 Å². The molecular formula is C25H25ClN2O2S. The van der Waals surface area contributed by atoms with Gasteiger partial charge in [0, 0.05) is 22.8 Å². The van der Waals surface area contributed by atoms with E-state index in [9.17, 15) is 9.59 Å². The summed E-state index contributed by atoms with van der Waals surface area (Å²) < 4.78 is 0. The van der Waals surface area contributed by atoms with Crippen LogP contribution < -0.4 is 4.90 Å². The fraction of sp³-hybridized carbons (Fsp3) is 0.280. The predicted octanol–water partition coefficient (Wildman–Crippen LogP) is 6.60. The van der Waals surface area contributed by atoms with Gasteiger partial charge in [0.1, 0.15) is 0 Å². The molecule has 1 fully saturated rings. The molecule has 2 aliphatic rings. The van der Waals surface area contributed by atoms with Crippen molar-refractivity contribution in [3.8, 4) is 0 Å². The zero-order chi connectivity index (χ0) is 22.3. The van der Waals surface area contributed by atoms with Crippen molar-refractivity contribution in [2.75, 3.05) is 11.4 Å². The van der Waals surface area contributed by atoms with Crippen molar-refractivity contribution in [1.29, 1.82) is 0 Å². The van der Waals surface area contributed by atoms with E-state index in [0.717, 1.165) is 35.0 Å². The summed E-state index contributed by atoms with van der Waals surface area (Å²) >= 11 is 6.92. The average Bonchev–Trinajstić information content (AvgIpc) is 2.97. The number of benzene rings is 2. The molecule has 0 saturated carbocycles. The molecule has 1 saturated heterocycles. The third-order valence-electron chi connectivity index (χ3n) is 5.74. The van der Waals surface area contributed by atoms with Gasteiger partial charge in [0.15, 0.2) is 0 Å². The zero-order valence-electron chi connectivity index (χ0n) is 18.1. The first-order chi connectivity index (χ1) is 14.7. The number of anilines is 1. The van der Waals surface area contributed by atoms with Gasteiger partial charge in [-0.2, -0.15) is 0 Å². The lowest BCUT2D eigenvalue weighted by atomic mass is 9.88. The Bertz CT molecular complexity index is 1120. The topological polar surface area (TPSA) is 40.6 Å². The van der Waals surface area contributed by atoms with Gasteiger partial charge < -0.3 is 4.90 Å². The fourth-order valence-corrected chi connectivity index (χ4v) is 5.29. The Morgan fingerprint density at radius 1 is 1.10 bits per heavy atom. The Kier molecular flexibility index (Phi) is 5.75. The number of fused-ring (bicyclic) bond motifs is 1. The van der Waals surface area contributed by atoms with Crippen LogP contribution in [-0.4, -0.2) is 28.1 Å². The van der Waals surface area contributed by atoms with Crippen molar-refractivity contribution in [1.82, 2.24) is 4.90 Å². The molecule has 0 bridgehead atoms. The number of carbonyl (C=O) groups excluding carboxylic acids is 2. The highest BCUT2D eigenvalue weighted by atomic mass is 35.5. The molecule has 2 aliphatic heterocycles. The van der Waals surface area contributed by atoms with Crippen LogP contribution in [0.1, 0.15) is 44.4 Å². The van der Waals surface area contributed by atoms with E-state index < -0.39 is 0 Å². The molecule has 160 valence electrons. The van der Waals surface area contributed by atoms with Crippen LogP contribution in [0.5, 0.6) is 0 Å². The van der Waals surface area contributed by atoms with Crippen molar-refractivity contribution < 1.29 is 9.59 Å². The summed E-state index contributed by atoms with van der Waals surface area (Å²) in [5.74, 6) is -0.258. The second kappa shape index (κ2) is 8.21. The van der Waals surface area contributed by atoms with Crippen LogP contribution in [-0.2, 0) is 11.3 Å². The highest BCUT2D eigenvalue weighted by Gasteiger charge is 2.35. The Labute approximate surface area is 192 Å². The third-order valence-corrected chi connectivity index (χ3v) is 6.90. The van der Waals surface area contributed by atoms with Gasteiger partial charge in [-0.25, -0.2) is 0 Å². The molecule has 2 aromatic rings. The average molecular weight is 453 g/mol. The molecule has 0 radical (unpaired) electrons. The van der Waals surface area contributed by atoms with Crippen LogP contribution in [0.4, 0.5) is 10.5 Å². The standard InChI is InChI=1S/C25H25ClN2O2S/c1-5-28-21-11-8-18(12-20(21)16(2)14-25(28,3)4)13-22-23(29)27(24(30)31-22)15-17-6-9-19(26)10-7-17/h6-14H,5,15H2,1-4H3/b22-13-. The quantitative estimate of drug-likeness (QED) is 0.490. The highest BCUT2D eigenvalue weighted by Crippen LogP contribution is 2.40. The van der Waals surface area contributed by atoms with Crippen LogP contribution in [0.3, 0.4) is 0 Å². The second-order valence-corrected chi connectivity index (χ2v) is 9.83. The maximum atomic E-state index is 12.9. The Morgan fingerprint density at radius 3 is 2.48 bits per heavy atom. The van der Waals surface area contributed by atoms with Gasteiger partial charge in [0.25, 0.3) is 11.1 Å². The molecule has 0 atom stereocenters. The molecule has 0 aliphatic carbocycles. The van der Waals surface area contributed by atoms with Gasteiger partial charge in [-0.1, -0.05) is 35.9 Å². The van der Waals surface area contributed by atoms with Crippen LogP contribution in [0, 0.1) is 0 Å². The lowest BCUT2D eigenvalue weighted by Crippen LogP contribution is -2.44. The summed E-state index contributed by atoms with van der Waals surface area (Å²) in [5, 5.41) is 0.374. The summed E-state index contributed by atoms with van der Waals surface area (Å²) in [6.45, 7) is 9.86. The molecule has 2 aromatic carbocycles. The van der Waals surface area contributed by atoms with Gasteiger partial charge in [-0.15, -0.1) is 0 Å². The van der Waals surface area contributed by atoms with Gasteiger partial charge in [0.05, 0.1) is 17.0 Å². The number of allylic oxidation sites excluding steroid dienone is 1. The molecule has 2 amide bonds. The maximum absolute atomic E-state index is 12.9. The fourth-order valence-electron chi connectivity index (χ4n) is 4.33. The monoisotopic (exact) mass is 452 g/mol. The van der Waals surface area contributed by atoms with Gasteiger partial charge in [-0.05, 0) is 86.5 Å². The van der Waals surface area contributed by atoms with Crippen LogP contribution in [0.15, 0.2) is 53.4 Å². The summed E-state index contributed by atoms with van der Waals surface area (Å²) in [6.07, 6.45) is 4.10. The maximum Gasteiger partial charge on any atom is 0.293 e. The first-order valence-electron chi connectivity index (χ1n) is 10.3. The van der Waals surface area contributed by atoms with Crippen molar-refractivity contribution >= 4 is 51.8 Å². The predicted molar refractivity (Wildman–Crippen MR) is 130 cm³/mol. The van der Waals surface area contributed by atoms with E-state index in [1.165, 1.54) is 16.2 Å².